The molecule has 3 rings (SSSR count). The third-order valence-corrected chi connectivity index (χ3v) is 5.25. The molecule has 0 aliphatic carbocycles. The van der Waals surface area contributed by atoms with Gasteiger partial charge in [0.25, 0.3) is 0 Å². The van der Waals surface area contributed by atoms with E-state index in [2.05, 4.69) is 6.07 Å². The molecule has 1 aromatic carbocycles. The van der Waals surface area contributed by atoms with Gasteiger partial charge in [-0.2, -0.15) is 0 Å². The Hall–Kier alpha value is -0.180. The van der Waals surface area contributed by atoms with Gasteiger partial charge in [-0.1, -0.05) is 17.7 Å². The predicted molar refractivity (Wildman–Crippen MR) is 63.8 cm³/mol. The third kappa shape index (κ3) is 1.69. The third-order valence-electron chi connectivity index (χ3n) is 3.31. The van der Waals surface area contributed by atoms with E-state index in [4.69, 9.17) is 16.3 Å². The highest BCUT2D eigenvalue weighted by Gasteiger charge is 2.40. The second-order valence-corrected chi connectivity index (χ2v) is 6.21. The van der Waals surface area contributed by atoms with Gasteiger partial charge in [0.05, 0.1) is 0 Å². The summed E-state index contributed by atoms with van der Waals surface area (Å²) >= 11 is 8.24. The molecule has 0 N–H and O–H groups in total. The van der Waals surface area contributed by atoms with E-state index in [1.54, 1.807) is 0 Å². The molecule has 0 aromatic heterocycles. The van der Waals surface area contributed by atoms with Gasteiger partial charge in [-0.05, 0) is 37.0 Å². The molecule has 15 heavy (non-hydrogen) atoms. The summed E-state index contributed by atoms with van der Waals surface area (Å²) in [6.07, 6.45) is 3.43. The molecule has 3 heteroatoms. The number of benzene rings is 1. The molecule has 80 valence electrons. The van der Waals surface area contributed by atoms with Crippen molar-refractivity contribution in [3.63, 3.8) is 0 Å². The van der Waals surface area contributed by atoms with Crippen molar-refractivity contribution in [1.82, 2.24) is 0 Å². The first kappa shape index (κ1) is 10.0. The van der Waals surface area contributed by atoms with Gasteiger partial charge in [-0.15, -0.1) is 11.8 Å². The first-order chi connectivity index (χ1) is 7.29. The van der Waals surface area contributed by atoms with Crippen LogP contribution in [0.2, 0.25) is 5.02 Å². The van der Waals surface area contributed by atoms with Gasteiger partial charge in [0.2, 0.25) is 0 Å². The Bertz CT molecular complexity index is 385. The minimum atomic E-state index is 0.381. The lowest BCUT2D eigenvalue weighted by atomic mass is 9.92. The second-order valence-electron chi connectivity index (χ2n) is 4.29. The highest BCUT2D eigenvalue weighted by Crippen LogP contribution is 2.51. The Balaban J connectivity index is 1.94. The van der Waals surface area contributed by atoms with Gasteiger partial charge in [0.15, 0.2) is 0 Å². The Morgan fingerprint density at radius 1 is 1.27 bits per heavy atom. The van der Waals surface area contributed by atoms with Crippen LogP contribution in [-0.4, -0.2) is 18.0 Å². The number of halogens is 1. The summed E-state index contributed by atoms with van der Waals surface area (Å²) in [4.78, 5) is 1.38. The summed E-state index contributed by atoms with van der Waals surface area (Å²) < 4.78 is 5.82. The predicted octanol–water partition coefficient (Wildman–Crippen LogP) is 3.54. The van der Waals surface area contributed by atoms with Crippen LogP contribution in [0.25, 0.3) is 0 Å². The zero-order chi connectivity index (χ0) is 10.3. The molecule has 1 nitrogen and oxygen atoms in total. The topological polar surface area (TPSA) is 9.23 Å². The van der Waals surface area contributed by atoms with Crippen molar-refractivity contribution >= 4 is 23.4 Å². The average molecular weight is 241 g/mol. The van der Waals surface area contributed by atoms with Crippen molar-refractivity contribution in [2.75, 3.05) is 13.2 Å². The van der Waals surface area contributed by atoms with Gasteiger partial charge < -0.3 is 4.74 Å². The first-order valence-corrected chi connectivity index (χ1v) is 6.53. The number of hydrogen-bond acceptors (Lipinski definition) is 2. The molecule has 2 aliphatic rings. The standard InChI is InChI=1S/C12H13ClOS/c13-10-2-1-3-11-9(10)8-12(15-11)4-6-14-7-5-12/h1-3H,4-8H2. The molecule has 1 fully saturated rings. The van der Waals surface area contributed by atoms with Crippen LogP contribution in [0.3, 0.4) is 0 Å². The van der Waals surface area contributed by atoms with Crippen molar-refractivity contribution in [2.45, 2.75) is 28.9 Å². The molecule has 0 saturated carbocycles. The van der Waals surface area contributed by atoms with E-state index < -0.39 is 0 Å². The minimum Gasteiger partial charge on any atom is -0.381 e. The van der Waals surface area contributed by atoms with Crippen LogP contribution in [0.5, 0.6) is 0 Å². The maximum Gasteiger partial charge on any atom is 0.0479 e. The van der Waals surface area contributed by atoms with Crippen molar-refractivity contribution in [1.29, 1.82) is 0 Å². The summed E-state index contributed by atoms with van der Waals surface area (Å²) in [5, 5.41) is 0.934. The quantitative estimate of drug-likeness (QED) is 0.686. The van der Waals surface area contributed by atoms with Gasteiger partial charge in [0, 0.05) is 27.9 Å². The van der Waals surface area contributed by atoms with Crippen LogP contribution in [-0.2, 0) is 11.2 Å². The molecule has 1 saturated heterocycles. The molecule has 1 spiro atoms. The molecule has 0 atom stereocenters. The van der Waals surface area contributed by atoms with Crippen LogP contribution in [0.4, 0.5) is 0 Å². The van der Waals surface area contributed by atoms with Crippen molar-refractivity contribution in [2.24, 2.45) is 0 Å². The molecule has 0 amide bonds. The number of ether oxygens (including phenoxy) is 1. The largest absolute Gasteiger partial charge is 0.381 e. The highest BCUT2D eigenvalue weighted by molar-refractivity contribution is 8.01. The maximum atomic E-state index is 6.23. The lowest BCUT2D eigenvalue weighted by Crippen LogP contribution is -2.32. The summed E-state index contributed by atoms with van der Waals surface area (Å²) in [6.45, 7) is 1.80. The van der Waals surface area contributed by atoms with Crippen molar-refractivity contribution < 1.29 is 4.74 Å². The summed E-state index contributed by atoms with van der Waals surface area (Å²) in [5.41, 5.74) is 1.35. The van der Waals surface area contributed by atoms with Crippen LogP contribution in [0, 0.1) is 0 Å². The van der Waals surface area contributed by atoms with E-state index in [0.717, 1.165) is 37.5 Å². The van der Waals surface area contributed by atoms with Crippen LogP contribution in [0.1, 0.15) is 18.4 Å². The number of fused-ring (bicyclic) bond motifs is 1. The highest BCUT2D eigenvalue weighted by atomic mass is 35.5. The summed E-state index contributed by atoms with van der Waals surface area (Å²) in [5.74, 6) is 0. The lowest BCUT2D eigenvalue weighted by molar-refractivity contribution is 0.0782. The second kappa shape index (κ2) is 3.69. The Morgan fingerprint density at radius 2 is 2.07 bits per heavy atom. The van der Waals surface area contributed by atoms with Crippen LogP contribution < -0.4 is 0 Å². The maximum absolute atomic E-state index is 6.23. The Morgan fingerprint density at radius 3 is 2.80 bits per heavy atom. The Labute approximate surface area is 99.1 Å². The zero-order valence-electron chi connectivity index (χ0n) is 8.46. The van der Waals surface area contributed by atoms with Crippen molar-refractivity contribution in [3.05, 3.63) is 28.8 Å². The monoisotopic (exact) mass is 240 g/mol. The smallest absolute Gasteiger partial charge is 0.0479 e. The fraction of sp³-hybridized carbons (Fsp3) is 0.500. The first-order valence-electron chi connectivity index (χ1n) is 5.33. The molecule has 0 unspecified atom stereocenters. The molecule has 0 bridgehead atoms. The molecule has 0 radical (unpaired) electrons. The molecule has 2 heterocycles. The molecule has 1 aromatic rings. The van der Waals surface area contributed by atoms with Gasteiger partial charge >= 0.3 is 0 Å². The van der Waals surface area contributed by atoms with E-state index in [-0.39, 0.29) is 0 Å². The van der Waals surface area contributed by atoms with Crippen LogP contribution >= 0.6 is 23.4 Å². The Kier molecular flexibility index (Phi) is 2.46. The molecule has 2 aliphatic heterocycles. The van der Waals surface area contributed by atoms with E-state index >= 15 is 0 Å². The van der Waals surface area contributed by atoms with Crippen molar-refractivity contribution in [3.8, 4) is 0 Å². The van der Waals surface area contributed by atoms with E-state index in [9.17, 15) is 0 Å². The number of hydrogen-bond donors (Lipinski definition) is 0. The van der Waals surface area contributed by atoms with Gasteiger partial charge in [0.1, 0.15) is 0 Å². The summed E-state index contributed by atoms with van der Waals surface area (Å²) in [7, 11) is 0. The zero-order valence-corrected chi connectivity index (χ0v) is 10.0. The fourth-order valence-electron chi connectivity index (χ4n) is 2.42. The SMILES string of the molecule is Clc1cccc2c1CC1(CCOCC1)S2. The fourth-order valence-corrected chi connectivity index (χ4v) is 4.22. The normalized spacial score (nSPS) is 23.0. The van der Waals surface area contributed by atoms with E-state index in [1.807, 2.05) is 23.9 Å². The van der Waals surface area contributed by atoms with E-state index in [0.29, 0.717) is 4.75 Å². The average Bonchev–Trinajstić information content (AvgIpc) is 2.59. The van der Waals surface area contributed by atoms with Crippen LogP contribution in [0.15, 0.2) is 23.1 Å². The molecular formula is C12H13ClOS. The van der Waals surface area contributed by atoms with Gasteiger partial charge in [-0.25, -0.2) is 0 Å². The van der Waals surface area contributed by atoms with Gasteiger partial charge in [-0.3, -0.25) is 0 Å². The number of thioether (sulfide) groups is 1. The molecular weight excluding hydrogens is 228 g/mol. The number of rotatable bonds is 0. The minimum absolute atomic E-state index is 0.381. The lowest BCUT2D eigenvalue weighted by Gasteiger charge is -2.32. The van der Waals surface area contributed by atoms with E-state index in [1.165, 1.54) is 10.5 Å². The summed E-state index contributed by atoms with van der Waals surface area (Å²) in [6, 6.07) is 6.24.